The quantitative estimate of drug-likeness (QED) is 0.157. The normalized spacial score (nSPS) is 16.0. The fraction of sp³-hybridized carbons (Fsp3) is 0.667. The van der Waals surface area contributed by atoms with E-state index in [1.807, 2.05) is 5.32 Å². The molecule has 0 radical (unpaired) electrons. The zero-order valence-corrected chi connectivity index (χ0v) is 15.4. The number of nitrogens with one attached hydrogen (secondary N) is 3. The van der Waals surface area contributed by atoms with Crippen LogP contribution in [0.4, 0.5) is 0 Å². The summed E-state index contributed by atoms with van der Waals surface area (Å²) in [7, 11) is 0. The molecule has 9 N–H and O–H groups in total. The smallest absolute Gasteiger partial charge is 0.326 e. The molecule has 3 amide bonds. The number of hydrogen-bond donors (Lipinski definition) is 8. The first-order valence-corrected chi connectivity index (χ1v) is 8.31. The molecule has 0 heterocycles. The molecule has 28 heavy (non-hydrogen) atoms. The van der Waals surface area contributed by atoms with Gasteiger partial charge in [-0.25, -0.2) is 4.79 Å². The number of aliphatic hydroxyl groups excluding tert-OH is 2. The van der Waals surface area contributed by atoms with Gasteiger partial charge in [0, 0.05) is 6.42 Å². The number of nitrogens with two attached hydrogens (primary N) is 1. The molecule has 0 saturated carbocycles. The summed E-state index contributed by atoms with van der Waals surface area (Å²) in [5.41, 5.74) is 5.12. The maximum atomic E-state index is 12.3. The van der Waals surface area contributed by atoms with E-state index in [4.69, 9.17) is 15.9 Å². The molecule has 0 aromatic rings. The van der Waals surface area contributed by atoms with Crippen LogP contribution in [0.15, 0.2) is 0 Å². The first kappa shape index (κ1) is 25.2. The molecular formula is C15H26N4O9. The third-order valence-electron chi connectivity index (χ3n) is 3.59. The summed E-state index contributed by atoms with van der Waals surface area (Å²) < 4.78 is 0. The standard InChI is InChI=1S/C15H26N4O9/c1-6(20)11(18-9(22)5-16)14(26)19-12(7(2)21)13(25)17-8(15(27)28)3-4-10(23)24/h6-8,11-12,20-21H,3-5,16H2,1-2H3,(H,17,25)(H,18,22)(H,19,26)(H,23,24)(H,27,28). The number of carbonyl (C=O) groups excluding carboxylic acids is 3. The zero-order chi connectivity index (χ0) is 22.0. The predicted molar refractivity (Wildman–Crippen MR) is 92.7 cm³/mol. The van der Waals surface area contributed by atoms with Gasteiger partial charge in [0.05, 0.1) is 18.8 Å². The Morgan fingerprint density at radius 3 is 1.71 bits per heavy atom. The van der Waals surface area contributed by atoms with Crippen LogP contribution in [-0.4, -0.2) is 87.0 Å². The number of hydrogen-bond acceptors (Lipinski definition) is 8. The lowest BCUT2D eigenvalue weighted by molar-refractivity contribution is -0.144. The van der Waals surface area contributed by atoms with Crippen LogP contribution >= 0.6 is 0 Å². The van der Waals surface area contributed by atoms with Crippen molar-refractivity contribution in [1.82, 2.24) is 16.0 Å². The topological polar surface area (TPSA) is 228 Å². The molecular weight excluding hydrogens is 380 g/mol. The van der Waals surface area contributed by atoms with Crippen molar-refractivity contribution < 1.29 is 44.4 Å². The van der Waals surface area contributed by atoms with E-state index in [-0.39, 0.29) is 0 Å². The van der Waals surface area contributed by atoms with Crippen molar-refractivity contribution in [3.8, 4) is 0 Å². The van der Waals surface area contributed by atoms with Crippen LogP contribution in [0.25, 0.3) is 0 Å². The lowest BCUT2D eigenvalue weighted by atomic mass is 10.1. The van der Waals surface area contributed by atoms with E-state index >= 15 is 0 Å². The maximum Gasteiger partial charge on any atom is 0.326 e. The number of aliphatic carboxylic acids is 2. The fourth-order valence-electron chi connectivity index (χ4n) is 2.07. The second-order valence-electron chi connectivity index (χ2n) is 6.05. The Morgan fingerprint density at radius 2 is 1.32 bits per heavy atom. The largest absolute Gasteiger partial charge is 0.481 e. The van der Waals surface area contributed by atoms with E-state index in [2.05, 4.69) is 10.6 Å². The highest BCUT2D eigenvalue weighted by Gasteiger charge is 2.33. The molecule has 0 aromatic carbocycles. The second kappa shape index (κ2) is 11.8. The van der Waals surface area contributed by atoms with Crippen LogP contribution in [0.3, 0.4) is 0 Å². The molecule has 0 aliphatic heterocycles. The first-order valence-electron chi connectivity index (χ1n) is 8.31. The van der Waals surface area contributed by atoms with E-state index in [9.17, 15) is 34.2 Å². The molecule has 5 atom stereocenters. The van der Waals surface area contributed by atoms with Crippen molar-refractivity contribution in [2.45, 2.75) is 57.0 Å². The molecule has 0 fully saturated rings. The summed E-state index contributed by atoms with van der Waals surface area (Å²) in [5, 5.41) is 43.4. The maximum absolute atomic E-state index is 12.3. The minimum atomic E-state index is -1.63. The first-order chi connectivity index (χ1) is 12.9. The van der Waals surface area contributed by atoms with Crippen molar-refractivity contribution in [2.24, 2.45) is 5.73 Å². The molecule has 0 rings (SSSR count). The molecule has 0 aliphatic rings. The minimum Gasteiger partial charge on any atom is -0.481 e. The van der Waals surface area contributed by atoms with E-state index < -0.39 is 79.4 Å². The molecule has 0 bridgehead atoms. The third-order valence-corrected chi connectivity index (χ3v) is 3.59. The lowest BCUT2D eigenvalue weighted by Gasteiger charge is -2.26. The Morgan fingerprint density at radius 1 is 0.857 bits per heavy atom. The molecule has 0 aromatic heterocycles. The SMILES string of the molecule is CC(O)C(NC(=O)CN)C(=O)NC(C(=O)NC(CCC(=O)O)C(=O)O)C(C)O. The van der Waals surface area contributed by atoms with Gasteiger partial charge in [0.2, 0.25) is 17.7 Å². The summed E-state index contributed by atoms with van der Waals surface area (Å²) in [6.45, 7) is 1.89. The van der Waals surface area contributed by atoms with Gasteiger partial charge in [-0.05, 0) is 20.3 Å². The Balaban J connectivity index is 5.23. The van der Waals surface area contributed by atoms with Gasteiger partial charge in [-0.3, -0.25) is 19.2 Å². The van der Waals surface area contributed by atoms with Crippen molar-refractivity contribution in [3.63, 3.8) is 0 Å². The van der Waals surface area contributed by atoms with E-state index in [0.29, 0.717) is 0 Å². The van der Waals surface area contributed by atoms with E-state index in [1.165, 1.54) is 6.92 Å². The molecule has 13 heteroatoms. The van der Waals surface area contributed by atoms with Crippen molar-refractivity contribution >= 4 is 29.7 Å². The molecule has 5 unspecified atom stereocenters. The predicted octanol–water partition coefficient (Wildman–Crippen LogP) is -3.89. The minimum absolute atomic E-state index is 0.417. The zero-order valence-electron chi connectivity index (χ0n) is 15.4. The summed E-state index contributed by atoms with van der Waals surface area (Å²) in [6.07, 6.45) is -3.79. The van der Waals surface area contributed by atoms with Crippen molar-refractivity contribution in [1.29, 1.82) is 0 Å². The summed E-state index contributed by atoms with van der Waals surface area (Å²) in [5.74, 6) is -5.62. The monoisotopic (exact) mass is 406 g/mol. The van der Waals surface area contributed by atoms with E-state index in [1.54, 1.807) is 0 Å². The van der Waals surface area contributed by atoms with Crippen molar-refractivity contribution in [2.75, 3.05) is 6.54 Å². The van der Waals surface area contributed by atoms with Crippen LogP contribution in [0, 0.1) is 0 Å². The summed E-state index contributed by atoms with van der Waals surface area (Å²) >= 11 is 0. The Labute approximate surface area is 160 Å². The highest BCUT2D eigenvalue weighted by molar-refractivity contribution is 5.94. The fourth-order valence-corrected chi connectivity index (χ4v) is 2.07. The van der Waals surface area contributed by atoms with Gasteiger partial charge in [0.25, 0.3) is 0 Å². The number of rotatable bonds is 12. The molecule has 0 aliphatic carbocycles. The second-order valence-corrected chi connectivity index (χ2v) is 6.05. The van der Waals surface area contributed by atoms with Crippen LogP contribution < -0.4 is 21.7 Å². The molecule has 13 nitrogen and oxygen atoms in total. The number of carboxylic acid groups (broad SMARTS) is 2. The van der Waals surface area contributed by atoms with E-state index in [0.717, 1.165) is 6.92 Å². The number of amides is 3. The van der Waals surface area contributed by atoms with Crippen LogP contribution in [-0.2, 0) is 24.0 Å². The van der Waals surface area contributed by atoms with Gasteiger partial charge in [-0.2, -0.15) is 0 Å². The van der Waals surface area contributed by atoms with Gasteiger partial charge in [0.1, 0.15) is 18.1 Å². The Kier molecular flexibility index (Phi) is 10.7. The summed E-state index contributed by atoms with van der Waals surface area (Å²) in [4.78, 5) is 57.7. The van der Waals surface area contributed by atoms with Crippen molar-refractivity contribution in [3.05, 3.63) is 0 Å². The molecule has 160 valence electrons. The summed E-state index contributed by atoms with van der Waals surface area (Å²) in [6, 6.07) is -4.67. The van der Waals surface area contributed by atoms with Gasteiger partial charge in [0.15, 0.2) is 0 Å². The highest BCUT2D eigenvalue weighted by atomic mass is 16.4. The number of carboxylic acids is 2. The third kappa shape index (κ3) is 8.75. The molecule has 0 saturated heterocycles. The molecule has 0 spiro atoms. The average Bonchev–Trinajstić information content (AvgIpc) is 2.59. The van der Waals surface area contributed by atoms with Gasteiger partial charge in [-0.15, -0.1) is 0 Å². The van der Waals surface area contributed by atoms with Gasteiger partial charge in [-0.1, -0.05) is 0 Å². The Hall–Kier alpha value is -2.77. The number of aliphatic hydroxyl groups is 2. The lowest BCUT2D eigenvalue weighted by Crippen LogP contribution is -2.61. The van der Waals surface area contributed by atoms with Gasteiger partial charge >= 0.3 is 11.9 Å². The Bertz CT molecular complexity index is 594. The van der Waals surface area contributed by atoms with Crippen LogP contribution in [0.2, 0.25) is 0 Å². The van der Waals surface area contributed by atoms with Gasteiger partial charge < -0.3 is 42.1 Å². The van der Waals surface area contributed by atoms with Crippen LogP contribution in [0.5, 0.6) is 0 Å². The van der Waals surface area contributed by atoms with Crippen LogP contribution in [0.1, 0.15) is 26.7 Å². The number of carbonyl (C=O) groups is 5. The average molecular weight is 406 g/mol. The highest BCUT2D eigenvalue weighted by Crippen LogP contribution is 2.03.